The molecule has 0 saturated carbocycles. The topological polar surface area (TPSA) is 17.1 Å². The van der Waals surface area contributed by atoms with Crippen LogP contribution in [-0.2, 0) is 0 Å². The van der Waals surface area contributed by atoms with Crippen molar-refractivity contribution in [2.24, 2.45) is 0 Å². The molecule has 1 aromatic carbocycles. The van der Waals surface area contributed by atoms with Gasteiger partial charge in [0, 0.05) is 5.56 Å². The fourth-order valence-electron chi connectivity index (χ4n) is 0.794. The Labute approximate surface area is 71.0 Å². The molecule has 0 radical (unpaired) electrons. The molecule has 0 aliphatic carbocycles. The maximum Gasteiger partial charge on any atom is 0.194 e. The van der Waals surface area contributed by atoms with Gasteiger partial charge in [-0.1, -0.05) is 0 Å². The normalized spacial score (nSPS) is 10.2. The molecule has 0 N–H and O–H groups in total. The number of carbonyl (C=O) groups is 1. The van der Waals surface area contributed by atoms with Gasteiger partial charge in [0.15, 0.2) is 29.9 Å². The molecule has 0 amide bonds. The van der Waals surface area contributed by atoms with E-state index in [4.69, 9.17) is 0 Å². The molecule has 1 aromatic rings. The predicted molar refractivity (Wildman–Crippen MR) is 36.6 cm³/mol. The van der Waals surface area contributed by atoms with Gasteiger partial charge in [-0.3, -0.25) is 4.79 Å². The van der Waals surface area contributed by atoms with Crippen LogP contribution in [0.25, 0.3) is 0 Å². The van der Waals surface area contributed by atoms with E-state index in [1.807, 2.05) is 0 Å². The summed E-state index contributed by atoms with van der Waals surface area (Å²) in [6.07, 6.45) is 0. The van der Waals surface area contributed by atoms with E-state index in [-0.39, 0.29) is 0 Å². The fraction of sp³-hybridized carbons (Fsp3) is 0.125. The maximum absolute atomic E-state index is 12.4. The highest BCUT2D eigenvalue weighted by Crippen LogP contribution is 2.13. The van der Waals surface area contributed by atoms with Crippen molar-refractivity contribution in [3.05, 3.63) is 35.1 Å². The van der Waals surface area contributed by atoms with Crippen molar-refractivity contribution in [3.63, 3.8) is 0 Å². The first-order chi connectivity index (χ1) is 6.06. The number of hydrogen-bond donors (Lipinski definition) is 0. The third kappa shape index (κ3) is 1.85. The largest absolute Gasteiger partial charge is 0.291 e. The molecule has 0 aromatic heterocycles. The van der Waals surface area contributed by atoms with Crippen molar-refractivity contribution in [1.29, 1.82) is 0 Å². The molecular weight excluding hydrogens is 188 g/mol. The van der Waals surface area contributed by atoms with Gasteiger partial charge >= 0.3 is 0 Å². The summed E-state index contributed by atoms with van der Waals surface area (Å²) in [5.74, 6) is -5.76. The van der Waals surface area contributed by atoms with E-state index < -0.39 is 35.5 Å². The summed E-state index contributed by atoms with van der Waals surface area (Å²) in [5, 5.41) is 0. The van der Waals surface area contributed by atoms with Gasteiger partial charge in [0.2, 0.25) is 0 Å². The number of Topliss-reactive ketones (excluding diaryl/α,β-unsaturated/α-hetero) is 1. The van der Waals surface area contributed by atoms with Crippen molar-refractivity contribution in [1.82, 2.24) is 0 Å². The number of rotatable bonds is 2. The predicted octanol–water partition coefficient (Wildman–Crippen LogP) is 2.26. The van der Waals surface area contributed by atoms with Crippen LogP contribution in [0.3, 0.4) is 0 Å². The third-order valence-corrected chi connectivity index (χ3v) is 1.43. The maximum atomic E-state index is 12.4. The highest BCUT2D eigenvalue weighted by atomic mass is 19.2. The lowest BCUT2D eigenvalue weighted by atomic mass is 10.1. The molecule has 5 heteroatoms. The molecule has 0 aliphatic rings. The van der Waals surface area contributed by atoms with Crippen LogP contribution in [0.15, 0.2) is 12.1 Å². The molecular formula is C8H4F4O. The average Bonchev–Trinajstić information content (AvgIpc) is 2.12. The van der Waals surface area contributed by atoms with Crippen LogP contribution in [0.2, 0.25) is 0 Å². The molecule has 70 valence electrons. The molecule has 1 nitrogen and oxygen atoms in total. The highest BCUT2D eigenvalue weighted by Gasteiger charge is 2.14. The Balaban J connectivity index is 3.20. The standard InChI is InChI=1S/C8H4F4O/c9-3-7(13)4-1-5(10)8(12)6(11)2-4/h1-2H,3H2. The SMILES string of the molecule is O=C(CF)c1cc(F)c(F)c(F)c1. The van der Waals surface area contributed by atoms with Gasteiger partial charge in [-0.15, -0.1) is 0 Å². The van der Waals surface area contributed by atoms with E-state index in [2.05, 4.69) is 0 Å². The minimum atomic E-state index is -1.67. The number of carbonyl (C=O) groups excluding carboxylic acids is 1. The molecule has 1 rings (SSSR count). The molecule has 0 aliphatic heterocycles. The molecule has 0 atom stereocenters. The number of alkyl halides is 1. The summed E-state index contributed by atoms with van der Waals surface area (Å²) in [5.41, 5.74) is -0.515. The van der Waals surface area contributed by atoms with E-state index in [1.165, 1.54) is 0 Å². The van der Waals surface area contributed by atoms with E-state index in [0.29, 0.717) is 12.1 Å². The summed E-state index contributed by atoms with van der Waals surface area (Å²) in [6.45, 7) is -1.37. The second-order valence-corrected chi connectivity index (χ2v) is 2.31. The third-order valence-electron chi connectivity index (χ3n) is 1.43. The van der Waals surface area contributed by atoms with E-state index in [0.717, 1.165) is 0 Å². The van der Waals surface area contributed by atoms with Crippen LogP contribution in [0, 0.1) is 17.5 Å². The van der Waals surface area contributed by atoms with Crippen LogP contribution in [0.5, 0.6) is 0 Å². The number of halogens is 4. The van der Waals surface area contributed by atoms with Crippen LogP contribution in [0.1, 0.15) is 10.4 Å². The van der Waals surface area contributed by atoms with Gasteiger partial charge < -0.3 is 0 Å². The van der Waals surface area contributed by atoms with Crippen molar-refractivity contribution in [2.45, 2.75) is 0 Å². The summed E-state index contributed by atoms with van der Waals surface area (Å²) in [7, 11) is 0. The van der Waals surface area contributed by atoms with Crippen LogP contribution in [0.4, 0.5) is 17.6 Å². The Morgan fingerprint density at radius 2 is 1.62 bits per heavy atom. The zero-order valence-corrected chi connectivity index (χ0v) is 6.28. The first-order valence-electron chi connectivity index (χ1n) is 3.30. The zero-order chi connectivity index (χ0) is 10.0. The minimum absolute atomic E-state index is 0.459. The number of benzene rings is 1. The van der Waals surface area contributed by atoms with Crippen LogP contribution >= 0.6 is 0 Å². The van der Waals surface area contributed by atoms with Gasteiger partial charge in [-0.2, -0.15) is 0 Å². The van der Waals surface area contributed by atoms with E-state index >= 15 is 0 Å². The molecule has 13 heavy (non-hydrogen) atoms. The first-order valence-corrected chi connectivity index (χ1v) is 3.30. The van der Waals surface area contributed by atoms with E-state index in [9.17, 15) is 22.4 Å². The lowest BCUT2D eigenvalue weighted by Gasteiger charge is -1.98. The molecule has 0 bridgehead atoms. The first kappa shape index (κ1) is 9.70. The molecule has 0 saturated heterocycles. The second-order valence-electron chi connectivity index (χ2n) is 2.31. The van der Waals surface area contributed by atoms with Crippen molar-refractivity contribution < 1.29 is 22.4 Å². The number of ketones is 1. The summed E-state index contributed by atoms with van der Waals surface area (Å²) in [4.78, 5) is 10.6. The Morgan fingerprint density at radius 3 is 2.00 bits per heavy atom. The van der Waals surface area contributed by atoms with Gasteiger partial charge in [0.1, 0.15) is 0 Å². The monoisotopic (exact) mass is 192 g/mol. The van der Waals surface area contributed by atoms with Gasteiger partial charge in [0.05, 0.1) is 0 Å². The lowest BCUT2D eigenvalue weighted by Crippen LogP contribution is -2.04. The molecule has 0 heterocycles. The summed E-state index contributed by atoms with van der Waals surface area (Å²) in [6, 6.07) is 0.917. The van der Waals surface area contributed by atoms with Crippen molar-refractivity contribution >= 4 is 5.78 Å². The Hall–Kier alpha value is -1.39. The van der Waals surface area contributed by atoms with Crippen molar-refractivity contribution in [3.8, 4) is 0 Å². The van der Waals surface area contributed by atoms with Crippen LogP contribution in [-0.4, -0.2) is 12.5 Å². The zero-order valence-electron chi connectivity index (χ0n) is 6.28. The molecule has 0 spiro atoms. The minimum Gasteiger partial charge on any atom is -0.291 e. The van der Waals surface area contributed by atoms with Gasteiger partial charge in [0.25, 0.3) is 0 Å². The van der Waals surface area contributed by atoms with Crippen LogP contribution < -0.4 is 0 Å². The summed E-state index contributed by atoms with van der Waals surface area (Å²) < 4.78 is 49.0. The Bertz CT molecular complexity index is 325. The second kappa shape index (κ2) is 3.55. The molecule has 0 unspecified atom stereocenters. The van der Waals surface area contributed by atoms with Gasteiger partial charge in [-0.05, 0) is 12.1 Å². The Kier molecular flexibility index (Phi) is 2.65. The van der Waals surface area contributed by atoms with E-state index in [1.54, 1.807) is 0 Å². The smallest absolute Gasteiger partial charge is 0.194 e. The number of hydrogen-bond acceptors (Lipinski definition) is 1. The Morgan fingerprint density at radius 1 is 1.15 bits per heavy atom. The highest BCUT2D eigenvalue weighted by molar-refractivity contribution is 5.96. The summed E-state index contributed by atoms with van der Waals surface area (Å²) >= 11 is 0. The quantitative estimate of drug-likeness (QED) is 0.399. The van der Waals surface area contributed by atoms with Crippen molar-refractivity contribution in [2.75, 3.05) is 6.67 Å². The molecule has 0 fully saturated rings. The lowest BCUT2D eigenvalue weighted by molar-refractivity contribution is 0.0957. The van der Waals surface area contributed by atoms with Gasteiger partial charge in [-0.25, -0.2) is 17.6 Å². The average molecular weight is 192 g/mol. The fourth-order valence-corrected chi connectivity index (χ4v) is 0.794.